The molecule has 0 aromatic carbocycles. The first kappa shape index (κ1) is 13.1. The molecule has 106 valence electrons. The summed E-state index contributed by atoms with van der Waals surface area (Å²) in [5.74, 6) is 2.86. The van der Waals surface area contributed by atoms with E-state index >= 15 is 0 Å². The largest absolute Gasteiger partial charge is 0.339 e. The zero-order chi connectivity index (χ0) is 13.2. The predicted octanol–water partition coefficient (Wildman–Crippen LogP) is 1.42. The van der Waals surface area contributed by atoms with Crippen LogP contribution in [0.2, 0.25) is 0 Å². The van der Waals surface area contributed by atoms with E-state index in [1.165, 1.54) is 19.5 Å². The molecule has 2 unspecified atom stereocenters. The first-order valence-electron chi connectivity index (χ1n) is 7.49. The third-order valence-corrected chi connectivity index (χ3v) is 4.42. The van der Waals surface area contributed by atoms with Crippen LogP contribution in [0.25, 0.3) is 0 Å². The number of nitrogens with zero attached hydrogens (tertiary/aromatic N) is 3. The molecule has 2 atom stereocenters. The van der Waals surface area contributed by atoms with Crippen molar-refractivity contribution in [3.63, 3.8) is 0 Å². The Balaban J connectivity index is 1.56. The van der Waals surface area contributed by atoms with Crippen LogP contribution in [0.1, 0.15) is 44.3 Å². The van der Waals surface area contributed by atoms with Crippen LogP contribution in [0.4, 0.5) is 0 Å². The SMILES string of the molecule is CC(C)N1CCC(Cc2nc(C3CCNC3)no2)C1. The molecule has 2 aliphatic rings. The second-order valence-corrected chi connectivity index (χ2v) is 6.18. The third kappa shape index (κ3) is 2.98. The van der Waals surface area contributed by atoms with Crippen LogP contribution in [0.15, 0.2) is 4.52 Å². The van der Waals surface area contributed by atoms with E-state index in [1.807, 2.05) is 0 Å². The van der Waals surface area contributed by atoms with Gasteiger partial charge in [-0.05, 0) is 45.7 Å². The number of rotatable bonds is 4. The van der Waals surface area contributed by atoms with Gasteiger partial charge in [-0.1, -0.05) is 5.16 Å². The Morgan fingerprint density at radius 3 is 3.00 bits per heavy atom. The van der Waals surface area contributed by atoms with Crippen molar-refractivity contribution in [1.82, 2.24) is 20.4 Å². The molecule has 1 N–H and O–H groups in total. The number of nitrogens with one attached hydrogen (secondary N) is 1. The van der Waals surface area contributed by atoms with Gasteiger partial charge in [0, 0.05) is 31.5 Å². The highest BCUT2D eigenvalue weighted by atomic mass is 16.5. The summed E-state index contributed by atoms with van der Waals surface area (Å²) in [6.07, 6.45) is 3.32. The maximum atomic E-state index is 5.43. The van der Waals surface area contributed by atoms with Gasteiger partial charge in [-0.2, -0.15) is 4.98 Å². The molecule has 3 rings (SSSR count). The van der Waals surface area contributed by atoms with Gasteiger partial charge in [-0.3, -0.25) is 0 Å². The van der Waals surface area contributed by atoms with Gasteiger partial charge in [0.1, 0.15) is 0 Å². The summed E-state index contributed by atoms with van der Waals surface area (Å²) in [7, 11) is 0. The van der Waals surface area contributed by atoms with Gasteiger partial charge < -0.3 is 14.7 Å². The molecule has 5 nitrogen and oxygen atoms in total. The minimum Gasteiger partial charge on any atom is -0.339 e. The zero-order valence-electron chi connectivity index (χ0n) is 11.9. The topological polar surface area (TPSA) is 54.2 Å². The molecule has 0 bridgehead atoms. The Bertz CT molecular complexity index is 411. The van der Waals surface area contributed by atoms with Crippen LogP contribution in [0.5, 0.6) is 0 Å². The molecule has 2 saturated heterocycles. The molecular weight excluding hydrogens is 240 g/mol. The fourth-order valence-electron chi connectivity index (χ4n) is 3.14. The first-order chi connectivity index (χ1) is 9.22. The molecule has 3 heterocycles. The summed E-state index contributed by atoms with van der Waals surface area (Å²) in [5, 5.41) is 7.50. The van der Waals surface area contributed by atoms with Gasteiger partial charge in [0.05, 0.1) is 0 Å². The van der Waals surface area contributed by atoms with Crippen LogP contribution < -0.4 is 5.32 Å². The summed E-state index contributed by atoms with van der Waals surface area (Å²) in [6, 6.07) is 0.646. The lowest BCUT2D eigenvalue weighted by molar-refractivity contribution is 0.260. The molecule has 2 fully saturated rings. The van der Waals surface area contributed by atoms with E-state index in [0.717, 1.165) is 37.6 Å². The summed E-state index contributed by atoms with van der Waals surface area (Å²) < 4.78 is 5.43. The fourth-order valence-corrected chi connectivity index (χ4v) is 3.14. The van der Waals surface area contributed by atoms with Crippen molar-refractivity contribution in [1.29, 1.82) is 0 Å². The van der Waals surface area contributed by atoms with Crippen molar-refractivity contribution >= 4 is 0 Å². The lowest BCUT2D eigenvalue weighted by Crippen LogP contribution is -2.28. The average molecular weight is 264 g/mol. The van der Waals surface area contributed by atoms with Crippen molar-refractivity contribution in [2.75, 3.05) is 26.2 Å². The molecule has 1 aromatic heterocycles. The monoisotopic (exact) mass is 264 g/mol. The standard InChI is InChI=1S/C14H24N4O/c1-10(2)18-6-4-11(9-18)7-13-16-14(17-19-13)12-3-5-15-8-12/h10-12,15H,3-9H2,1-2H3. The molecular formula is C14H24N4O. The number of aromatic nitrogens is 2. The fraction of sp³-hybridized carbons (Fsp3) is 0.857. The van der Waals surface area contributed by atoms with Gasteiger partial charge in [0.15, 0.2) is 5.82 Å². The van der Waals surface area contributed by atoms with E-state index in [1.54, 1.807) is 0 Å². The molecule has 0 amide bonds. The Labute approximate surface area is 114 Å². The molecule has 19 heavy (non-hydrogen) atoms. The Hall–Kier alpha value is -0.940. The Kier molecular flexibility index (Phi) is 3.84. The highest BCUT2D eigenvalue weighted by Crippen LogP contribution is 2.24. The minimum absolute atomic E-state index is 0.452. The van der Waals surface area contributed by atoms with Gasteiger partial charge in [0.25, 0.3) is 0 Å². The number of hydrogen-bond donors (Lipinski definition) is 1. The normalized spacial score (nSPS) is 28.6. The van der Waals surface area contributed by atoms with E-state index in [4.69, 9.17) is 4.52 Å². The maximum Gasteiger partial charge on any atom is 0.226 e. The third-order valence-electron chi connectivity index (χ3n) is 4.42. The van der Waals surface area contributed by atoms with Crippen LogP contribution in [-0.4, -0.2) is 47.3 Å². The van der Waals surface area contributed by atoms with Crippen LogP contribution >= 0.6 is 0 Å². The predicted molar refractivity (Wildman–Crippen MR) is 73.0 cm³/mol. The summed E-state index contributed by atoms with van der Waals surface area (Å²) in [4.78, 5) is 7.12. The lowest BCUT2D eigenvalue weighted by Gasteiger charge is -2.19. The van der Waals surface area contributed by atoms with Crippen molar-refractivity contribution in [2.45, 2.75) is 45.1 Å². The first-order valence-corrected chi connectivity index (χ1v) is 7.49. The molecule has 2 aliphatic heterocycles. The molecule has 0 aliphatic carbocycles. The van der Waals surface area contributed by atoms with E-state index in [9.17, 15) is 0 Å². The minimum atomic E-state index is 0.452. The van der Waals surface area contributed by atoms with Crippen LogP contribution in [0.3, 0.4) is 0 Å². The molecule has 1 aromatic rings. The van der Waals surface area contributed by atoms with E-state index in [2.05, 4.69) is 34.2 Å². The van der Waals surface area contributed by atoms with Gasteiger partial charge in [0.2, 0.25) is 5.89 Å². The van der Waals surface area contributed by atoms with Crippen molar-refractivity contribution < 1.29 is 4.52 Å². The number of likely N-dealkylation sites (tertiary alicyclic amines) is 1. The summed E-state index contributed by atoms with van der Waals surface area (Å²) >= 11 is 0. The molecule has 0 radical (unpaired) electrons. The smallest absolute Gasteiger partial charge is 0.226 e. The maximum absolute atomic E-state index is 5.43. The van der Waals surface area contributed by atoms with Gasteiger partial charge in [-0.15, -0.1) is 0 Å². The molecule has 0 spiro atoms. The van der Waals surface area contributed by atoms with Gasteiger partial charge >= 0.3 is 0 Å². The van der Waals surface area contributed by atoms with Crippen molar-refractivity contribution in [2.24, 2.45) is 5.92 Å². The van der Waals surface area contributed by atoms with Crippen molar-refractivity contribution in [3.8, 4) is 0 Å². The highest BCUT2D eigenvalue weighted by Gasteiger charge is 2.27. The quantitative estimate of drug-likeness (QED) is 0.891. The van der Waals surface area contributed by atoms with E-state index in [-0.39, 0.29) is 0 Å². The summed E-state index contributed by atoms with van der Waals surface area (Å²) in [5.41, 5.74) is 0. The van der Waals surface area contributed by atoms with Crippen LogP contribution in [0, 0.1) is 5.92 Å². The van der Waals surface area contributed by atoms with Crippen molar-refractivity contribution in [3.05, 3.63) is 11.7 Å². The second-order valence-electron chi connectivity index (χ2n) is 6.18. The van der Waals surface area contributed by atoms with Gasteiger partial charge in [-0.25, -0.2) is 0 Å². The average Bonchev–Trinajstić information content (AvgIpc) is 3.09. The molecule has 0 saturated carbocycles. The summed E-state index contributed by atoms with van der Waals surface area (Å²) in [6.45, 7) is 8.96. The molecule has 5 heteroatoms. The highest BCUT2D eigenvalue weighted by molar-refractivity contribution is 5.00. The number of hydrogen-bond acceptors (Lipinski definition) is 5. The Morgan fingerprint density at radius 1 is 1.42 bits per heavy atom. The Morgan fingerprint density at radius 2 is 2.32 bits per heavy atom. The van der Waals surface area contributed by atoms with Crippen LogP contribution in [-0.2, 0) is 6.42 Å². The van der Waals surface area contributed by atoms with E-state index in [0.29, 0.717) is 17.9 Å². The lowest BCUT2D eigenvalue weighted by atomic mass is 10.1. The van der Waals surface area contributed by atoms with E-state index < -0.39 is 0 Å². The second kappa shape index (κ2) is 5.59. The zero-order valence-corrected chi connectivity index (χ0v) is 11.9.